The summed E-state index contributed by atoms with van der Waals surface area (Å²) in [6.45, 7) is 1.87. The Hall–Kier alpha value is -2.91. The molecular formula is C15H14F3N3O4. The summed E-state index contributed by atoms with van der Waals surface area (Å²) >= 11 is 0. The molecule has 0 fully saturated rings. The molecule has 25 heavy (non-hydrogen) atoms. The van der Waals surface area contributed by atoms with Crippen LogP contribution in [0.3, 0.4) is 0 Å². The molecule has 0 spiro atoms. The minimum absolute atomic E-state index is 0.0708. The molecule has 134 valence electrons. The van der Waals surface area contributed by atoms with Crippen molar-refractivity contribution < 1.29 is 32.4 Å². The van der Waals surface area contributed by atoms with Crippen molar-refractivity contribution in [1.82, 2.24) is 15.5 Å². The Morgan fingerprint density at radius 2 is 1.92 bits per heavy atom. The number of carboxylic acid groups (broad SMARTS) is 1. The first-order chi connectivity index (χ1) is 11.7. The molecule has 0 saturated carbocycles. The fourth-order valence-corrected chi connectivity index (χ4v) is 1.97. The van der Waals surface area contributed by atoms with Crippen molar-refractivity contribution in [2.45, 2.75) is 19.5 Å². The fraction of sp³-hybridized carbons (Fsp3) is 0.333. The molecule has 1 atom stereocenters. The molecule has 0 bridgehead atoms. The molecule has 1 aromatic carbocycles. The second-order valence-corrected chi connectivity index (χ2v) is 5.41. The summed E-state index contributed by atoms with van der Waals surface area (Å²) in [5, 5.41) is 14.5. The van der Waals surface area contributed by atoms with Gasteiger partial charge < -0.3 is 14.9 Å². The number of benzene rings is 1. The summed E-state index contributed by atoms with van der Waals surface area (Å²) in [7, 11) is 0. The molecule has 10 heteroatoms. The van der Waals surface area contributed by atoms with E-state index in [-0.39, 0.29) is 35.8 Å². The molecule has 1 aromatic heterocycles. The van der Waals surface area contributed by atoms with Crippen molar-refractivity contribution >= 4 is 11.9 Å². The van der Waals surface area contributed by atoms with Crippen LogP contribution >= 0.6 is 0 Å². The van der Waals surface area contributed by atoms with Gasteiger partial charge in [0.25, 0.3) is 5.91 Å². The number of aromatic nitrogens is 2. The van der Waals surface area contributed by atoms with Crippen LogP contribution in [-0.4, -0.2) is 33.7 Å². The smallest absolute Gasteiger partial charge is 0.471 e. The molecular weight excluding hydrogens is 343 g/mol. The van der Waals surface area contributed by atoms with Crippen LogP contribution in [-0.2, 0) is 11.0 Å². The normalized spacial score (nSPS) is 12.6. The fourth-order valence-electron chi connectivity index (χ4n) is 1.97. The maximum atomic E-state index is 12.4. The largest absolute Gasteiger partial charge is 0.481 e. The van der Waals surface area contributed by atoms with Gasteiger partial charge in [-0.3, -0.25) is 9.59 Å². The lowest BCUT2D eigenvalue weighted by Gasteiger charge is -2.10. The molecule has 0 aliphatic carbocycles. The molecule has 2 N–H and O–H groups in total. The lowest BCUT2D eigenvalue weighted by molar-refractivity contribution is -0.159. The van der Waals surface area contributed by atoms with Crippen LogP contribution < -0.4 is 5.32 Å². The van der Waals surface area contributed by atoms with Crippen molar-refractivity contribution in [3.8, 4) is 11.4 Å². The van der Waals surface area contributed by atoms with Gasteiger partial charge in [0.05, 0.1) is 0 Å². The third kappa shape index (κ3) is 5.03. The van der Waals surface area contributed by atoms with E-state index in [0.29, 0.717) is 0 Å². The molecule has 1 amide bonds. The van der Waals surface area contributed by atoms with E-state index in [4.69, 9.17) is 5.11 Å². The number of hydrogen-bond donors (Lipinski definition) is 2. The minimum Gasteiger partial charge on any atom is -0.481 e. The predicted molar refractivity (Wildman–Crippen MR) is 78.5 cm³/mol. The number of halogens is 3. The van der Waals surface area contributed by atoms with Gasteiger partial charge in [-0.25, -0.2) is 0 Å². The van der Waals surface area contributed by atoms with E-state index in [2.05, 4.69) is 20.0 Å². The average Bonchev–Trinajstić information content (AvgIpc) is 3.02. The first-order valence-corrected chi connectivity index (χ1v) is 7.18. The summed E-state index contributed by atoms with van der Waals surface area (Å²) in [6, 6.07) is 5.58. The number of nitrogens with zero attached hydrogens (tertiary/aromatic N) is 2. The van der Waals surface area contributed by atoms with E-state index in [9.17, 15) is 22.8 Å². The second kappa shape index (κ2) is 7.32. The van der Waals surface area contributed by atoms with Gasteiger partial charge in [0.1, 0.15) is 0 Å². The van der Waals surface area contributed by atoms with Crippen LogP contribution in [0.1, 0.15) is 29.6 Å². The molecule has 0 aliphatic heterocycles. The van der Waals surface area contributed by atoms with Gasteiger partial charge >= 0.3 is 18.0 Å². The van der Waals surface area contributed by atoms with E-state index >= 15 is 0 Å². The maximum absolute atomic E-state index is 12.4. The Morgan fingerprint density at radius 3 is 2.44 bits per heavy atom. The highest BCUT2D eigenvalue weighted by Gasteiger charge is 2.38. The number of aliphatic carboxylic acids is 1. The molecule has 2 aromatic rings. The third-order valence-electron chi connectivity index (χ3n) is 3.21. The number of carboxylic acids is 1. The highest BCUT2D eigenvalue weighted by molar-refractivity contribution is 5.94. The zero-order chi connectivity index (χ0) is 18.6. The summed E-state index contributed by atoms with van der Waals surface area (Å²) in [5.74, 6) is -3.30. The van der Waals surface area contributed by atoms with Crippen LogP contribution in [0.2, 0.25) is 0 Å². The first kappa shape index (κ1) is 18.4. The van der Waals surface area contributed by atoms with Crippen molar-refractivity contribution in [1.29, 1.82) is 0 Å². The van der Waals surface area contributed by atoms with Crippen molar-refractivity contribution in [3.63, 3.8) is 0 Å². The second-order valence-electron chi connectivity index (χ2n) is 5.41. The van der Waals surface area contributed by atoms with E-state index in [1.54, 1.807) is 6.92 Å². The van der Waals surface area contributed by atoms with Crippen LogP contribution in [0.5, 0.6) is 0 Å². The van der Waals surface area contributed by atoms with E-state index < -0.39 is 23.9 Å². The lowest BCUT2D eigenvalue weighted by Crippen LogP contribution is -2.29. The van der Waals surface area contributed by atoms with Crippen molar-refractivity contribution in [3.05, 3.63) is 35.7 Å². The lowest BCUT2D eigenvalue weighted by atomic mass is 10.1. The zero-order valence-corrected chi connectivity index (χ0v) is 13.0. The molecule has 7 nitrogen and oxygen atoms in total. The average molecular weight is 357 g/mol. The maximum Gasteiger partial charge on any atom is 0.471 e. The summed E-state index contributed by atoms with van der Waals surface area (Å²) < 4.78 is 41.4. The van der Waals surface area contributed by atoms with Crippen LogP contribution in [0, 0.1) is 5.92 Å². The number of nitrogens with one attached hydrogen (secondary N) is 1. The van der Waals surface area contributed by atoms with Gasteiger partial charge in [-0.2, -0.15) is 18.2 Å². The Bertz CT molecular complexity index is 756. The number of carbonyl (C=O) groups is 2. The summed E-state index contributed by atoms with van der Waals surface area (Å²) in [4.78, 5) is 25.8. The van der Waals surface area contributed by atoms with Crippen LogP contribution in [0.4, 0.5) is 13.2 Å². The Balaban J connectivity index is 2.00. The van der Waals surface area contributed by atoms with Gasteiger partial charge in [-0.1, -0.05) is 24.2 Å². The first-order valence-electron chi connectivity index (χ1n) is 7.18. The number of alkyl halides is 3. The Kier molecular flexibility index (Phi) is 5.40. The van der Waals surface area contributed by atoms with Crippen LogP contribution in [0.25, 0.3) is 11.4 Å². The molecule has 1 heterocycles. The van der Waals surface area contributed by atoms with Gasteiger partial charge in [0, 0.05) is 24.1 Å². The quantitative estimate of drug-likeness (QED) is 0.823. The number of amides is 1. The van der Waals surface area contributed by atoms with E-state index in [0.717, 1.165) is 0 Å². The summed E-state index contributed by atoms with van der Waals surface area (Å²) in [6.07, 6.45) is -4.80. The molecule has 0 aliphatic rings. The van der Waals surface area contributed by atoms with Gasteiger partial charge in [0.2, 0.25) is 5.82 Å². The number of hydrogen-bond acceptors (Lipinski definition) is 5. The minimum atomic E-state index is -4.72. The van der Waals surface area contributed by atoms with E-state index in [1.165, 1.54) is 24.3 Å². The highest BCUT2D eigenvalue weighted by atomic mass is 19.4. The predicted octanol–water partition coefficient (Wildman–Crippen LogP) is 2.60. The third-order valence-corrected chi connectivity index (χ3v) is 3.21. The van der Waals surface area contributed by atoms with Crippen molar-refractivity contribution in [2.75, 3.05) is 6.54 Å². The topological polar surface area (TPSA) is 105 Å². The van der Waals surface area contributed by atoms with E-state index in [1.807, 2.05) is 0 Å². The molecule has 0 radical (unpaired) electrons. The monoisotopic (exact) mass is 357 g/mol. The Morgan fingerprint density at radius 1 is 1.28 bits per heavy atom. The van der Waals surface area contributed by atoms with Gasteiger partial charge in [-0.15, -0.1) is 0 Å². The van der Waals surface area contributed by atoms with Crippen LogP contribution in [0.15, 0.2) is 28.8 Å². The number of carbonyl (C=O) groups excluding carboxylic acids is 1. The molecule has 2 rings (SSSR count). The molecule has 0 saturated heterocycles. The summed E-state index contributed by atoms with van der Waals surface area (Å²) in [5.41, 5.74) is 0.529. The number of rotatable bonds is 6. The van der Waals surface area contributed by atoms with Gasteiger partial charge in [-0.05, 0) is 18.1 Å². The standard InChI is InChI=1S/C15H14F3N3O4/c1-8(6-11(22)23)7-19-13(24)10-4-2-9(3-5-10)12-20-14(25-21-12)15(16,17)18/h2-5,8H,6-7H2,1H3,(H,19,24)(H,22,23). The SMILES string of the molecule is CC(CNC(=O)c1ccc(-c2noc(C(F)(F)F)n2)cc1)CC(=O)O. The van der Waals surface area contributed by atoms with Gasteiger partial charge in [0.15, 0.2) is 0 Å². The molecule has 1 unspecified atom stereocenters. The highest BCUT2D eigenvalue weighted by Crippen LogP contribution is 2.29. The van der Waals surface area contributed by atoms with Crippen molar-refractivity contribution in [2.24, 2.45) is 5.92 Å². The Labute approximate surface area is 139 Å². The zero-order valence-electron chi connectivity index (χ0n) is 13.0.